The van der Waals surface area contributed by atoms with E-state index in [1.807, 2.05) is 13.0 Å². The first-order valence-electron chi connectivity index (χ1n) is 5.27. The zero-order chi connectivity index (χ0) is 11.3. The van der Waals surface area contributed by atoms with Crippen molar-refractivity contribution in [2.45, 2.75) is 39.2 Å². The predicted molar refractivity (Wildman–Crippen MR) is 57.9 cm³/mol. The van der Waals surface area contributed by atoms with Crippen LogP contribution in [0, 0.1) is 0 Å². The van der Waals surface area contributed by atoms with E-state index in [0.29, 0.717) is 18.3 Å². The lowest BCUT2D eigenvalue weighted by Gasteiger charge is -2.10. The molecule has 0 amide bonds. The SMILES string of the molecule is CC[C@@H](O)COc1nccc(C(C)C)n1. The first kappa shape index (κ1) is 11.9. The third kappa shape index (κ3) is 3.83. The van der Waals surface area contributed by atoms with Gasteiger partial charge < -0.3 is 9.84 Å². The molecule has 84 valence electrons. The van der Waals surface area contributed by atoms with Gasteiger partial charge in [-0.3, -0.25) is 0 Å². The normalized spacial score (nSPS) is 12.9. The molecule has 0 saturated heterocycles. The van der Waals surface area contributed by atoms with Gasteiger partial charge in [-0.1, -0.05) is 20.8 Å². The maximum absolute atomic E-state index is 9.32. The summed E-state index contributed by atoms with van der Waals surface area (Å²) in [7, 11) is 0. The van der Waals surface area contributed by atoms with Gasteiger partial charge in [0.05, 0.1) is 11.8 Å². The molecule has 1 N–H and O–H groups in total. The van der Waals surface area contributed by atoms with Crippen LogP contribution in [0.25, 0.3) is 0 Å². The van der Waals surface area contributed by atoms with Gasteiger partial charge in [-0.15, -0.1) is 0 Å². The standard InChI is InChI=1S/C11H18N2O2/c1-4-9(14)7-15-11-12-6-5-10(13-11)8(2)3/h5-6,8-9,14H,4,7H2,1-3H3/t9-/m1/s1. The van der Waals surface area contributed by atoms with Gasteiger partial charge in [0.2, 0.25) is 0 Å². The monoisotopic (exact) mass is 210 g/mol. The quantitative estimate of drug-likeness (QED) is 0.804. The summed E-state index contributed by atoms with van der Waals surface area (Å²) in [5.41, 5.74) is 0.950. The van der Waals surface area contributed by atoms with Crippen LogP contribution in [0.15, 0.2) is 12.3 Å². The molecule has 0 aliphatic heterocycles. The minimum atomic E-state index is -0.448. The molecule has 15 heavy (non-hydrogen) atoms. The maximum atomic E-state index is 9.32. The molecule has 1 atom stereocenters. The van der Waals surface area contributed by atoms with E-state index in [9.17, 15) is 5.11 Å². The number of aromatic nitrogens is 2. The third-order valence-electron chi connectivity index (χ3n) is 2.12. The van der Waals surface area contributed by atoms with E-state index in [1.165, 1.54) is 0 Å². The molecule has 0 aliphatic carbocycles. The summed E-state index contributed by atoms with van der Waals surface area (Å²) >= 11 is 0. The average molecular weight is 210 g/mol. The number of hydrogen-bond acceptors (Lipinski definition) is 4. The average Bonchev–Trinajstić information content (AvgIpc) is 2.26. The number of rotatable bonds is 5. The van der Waals surface area contributed by atoms with Crippen LogP contribution in [-0.2, 0) is 0 Å². The first-order chi connectivity index (χ1) is 7.13. The third-order valence-corrected chi connectivity index (χ3v) is 2.12. The second-order valence-electron chi connectivity index (χ2n) is 3.79. The van der Waals surface area contributed by atoms with Crippen LogP contribution in [0.1, 0.15) is 38.8 Å². The van der Waals surface area contributed by atoms with Crippen molar-refractivity contribution in [2.24, 2.45) is 0 Å². The summed E-state index contributed by atoms with van der Waals surface area (Å²) in [6, 6.07) is 2.21. The highest BCUT2D eigenvalue weighted by Crippen LogP contribution is 2.13. The van der Waals surface area contributed by atoms with Gasteiger partial charge in [0, 0.05) is 6.20 Å². The largest absolute Gasteiger partial charge is 0.461 e. The van der Waals surface area contributed by atoms with Crippen molar-refractivity contribution in [3.05, 3.63) is 18.0 Å². The van der Waals surface area contributed by atoms with Gasteiger partial charge >= 0.3 is 6.01 Å². The Bertz CT molecular complexity index is 302. The Balaban J connectivity index is 2.58. The summed E-state index contributed by atoms with van der Waals surface area (Å²) < 4.78 is 5.28. The molecule has 0 fully saturated rings. The number of nitrogens with zero attached hydrogens (tertiary/aromatic N) is 2. The minimum Gasteiger partial charge on any atom is -0.461 e. The fourth-order valence-electron chi connectivity index (χ4n) is 1.03. The number of aliphatic hydroxyl groups is 1. The molecule has 1 aromatic heterocycles. The Morgan fingerprint density at radius 1 is 1.47 bits per heavy atom. The Labute approximate surface area is 90.3 Å². The van der Waals surface area contributed by atoms with Gasteiger partial charge in [-0.25, -0.2) is 9.97 Å². The molecule has 0 saturated carbocycles. The molecular weight excluding hydrogens is 192 g/mol. The molecule has 0 radical (unpaired) electrons. The lowest BCUT2D eigenvalue weighted by Crippen LogP contribution is -2.17. The van der Waals surface area contributed by atoms with Gasteiger partial charge in [0.15, 0.2) is 0 Å². The van der Waals surface area contributed by atoms with E-state index < -0.39 is 6.10 Å². The van der Waals surface area contributed by atoms with Crippen LogP contribution < -0.4 is 4.74 Å². The lowest BCUT2D eigenvalue weighted by atomic mass is 10.1. The molecule has 0 spiro atoms. The van der Waals surface area contributed by atoms with Crippen molar-refractivity contribution in [1.82, 2.24) is 9.97 Å². The summed E-state index contributed by atoms with van der Waals surface area (Å²) in [5.74, 6) is 0.353. The Morgan fingerprint density at radius 3 is 2.80 bits per heavy atom. The molecule has 4 nitrogen and oxygen atoms in total. The molecular formula is C11H18N2O2. The van der Waals surface area contributed by atoms with Crippen LogP contribution in [0.4, 0.5) is 0 Å². The zero-order valence-electron chi connectivity index (χ0n) is 9.47. The van der Waals surface area contributed by atoms with Crippen molar-refractivity contribution in [3.8, 4) is 6.01 Å². The molecule has 1 aromatic rings. The fraction of sp³-hybridized carbons (Fsp3) is 0.636. The summed E-state index contributed by atoms with van der Waals surface area (Å²) in [6.45, 7) is 6.28. The molecule has 0 aromatic carbocycles. The first-order valence-corrected chi connectivity index (χ1v) is 5.27. The van der Waals surface area contributed by atoms with E-state index in [2.05, 4.69) is 23.8 Å². The highest BCUT2D eigenvalue weighted by molar-refractivity contribution is 5.08. The molecule has 1 rings (SSSR count). The summed E-state index contributed by atoms with van der Waals surface area (Å²) in [6.07, 6.45) is 1.90. The molecule has 0 unspecified atom stereocenters. The highest BCUT2D eigenvalue weighted by atomic mass is 16.5. The van der Waals surface area contributed by atoms with Crippen molar-refractivity contribution >= 4 is 0 Å². The van der Waals surface area contributed by atoms with Gasteiger partial charge in [0.25, 0.3) is 0 Å². The van der Waals surface area contributed by atoms with Crippen LogP contribution >= 0.6 is 0 Å². The van der Waals surface area contributed by atoms with Crippen molar-refractivity contribution < 1.29 is 9.84 Å². The molecule has 1 heterocycles. The number of aliphatic hydroxyl groups excluding tert-OH is 1. The van der Waals surface area contributed by atoms with E-state index >= 15 is 0 Å². The van der Waals surface area contributed by atoms with Crippen molar-refractivity contribution in [1.29, 1.82) is 0 Å². The van der Waals surface area contributed by atoms with E-state index in [0.717, 1.165) is 5.69 Å². The number of ether oxygens (including phenoxy) is 1. The summed E-state index contributed by atoms with van der Waals surface area (Å²) in [5, 5.41) is 9.32. The van der Waals surface area contributed by atoms with Crippen LogP contribution in [0.2, 0.25) is 0 Å². The number of hydrogen-bond donors (Lipinski definition) is 1. The molecule has 0 bridgehead atoms. The predicted octanol–water partition coefficient (Wildman–Crippen LogP) is 1.75. The zero-order valence-corrected chi connectivity index (χ0v) is 9.47. The second-order valence-corrected chi connectivity index (χ2v) is 3.79. The van der Waals surface area contributed by atoms with Crippen molar-refractivity contribution in [3.63, 3.8) is 0 Å². The second kappa shape index (κ2) is 5.66. The van der Waals surface area contributed by atoms with Gasteiger partial charge in [-0.2, -0.15) is 0 Å². The smallest absolute Gasteiger partial charge is 0.316 e. The van der Waals surface area contributed by atoms with E-state index in [4.69, 9.17) is 4.74 Å². The van der Waals surface area contributed by atoms with Crippen LogP contribution in [0.5, 0.6) is 6.01 Å². The lowest BCUT2D eigenvalue weighted by molar-refractivity contribution is 0.0987. The van der Waals surface area contributed by atoms with Crippen LogP contribution in [-0.4, -0.2) is 27.8 Å². The highest BCUT2D eigenvalue weighted by Gasteiger charge is 2.06. The topological polar surface area (TPSA) is 55.2 Å². The van der Waals surface area contributed by atoms with Gasteiger partial charge in [-0.05, 0) is 18.4 Å². The Morgan fingerprint density at radius 2 is 2.20 bits per heavy atom. The van der Waals surface area contributed by atoms with E-state index in [1.54, 1.807) is 6.20 Å². The Kier molecular flexibility index (Phi) is 4.49. The molecule has 0 aliphatic rings. The minimum absolute atomic E-state index is 0.248. The van der Waals surface area contributed by atoms with E-state index in [-0.39, 0.29) is 6.61 Å². The fourth-order valence-corrected chi connectivity index (χ4v) is 1.03. The van der Waals surface area contributed by atoms with Gasteiger partial charge in [0.1, 0.15) is 6.61 Å². The maximum Gasteiger partial charge on any atom is 0.316 e. The van der Waals surface area contributed by atoms with Crippen molar-refractivity contribution in [2.75, 3.05) is 6.61 Å². The summed E-state index contributed by atoms with van der Waals surface area (Å²) in [4.78, 5) is 8.22. The van der Waals surface area contributed by atoms with Crippen LogP contribution in [0.3, 0.4) is 0 Å². The Hall–Kier alpha value is -1.16. The molecule has 4 heteroatoms.